The number of aryl methyl sites for hydroxylation is 1. The fraction of sp³-hybridized carbons (Fsp3) is 0.0769. The molecular formula is C13H10N4O3. The van der Waals surface area contributed by atoms with Crippen LogP contribution in [0.4, 0.5) is 0 Å². The lowest BCUT2D eigenvalue weighted by Crippen LogP contribution is -2.00. The number of fused-ring (bicyclic) bond motifs is 1. The van der Waals surface area contributed by atoms with Gasteiger partial charge in [-0.2, -0.15) is 5.10 Å². The molecule has 0 spiro atoms. The highest BCUT2D eigenvalue weighted by atomic mass is 16.5. The predicted molar refractivity (Wildman–Crippen MR) is 69.8 cm³/mol. The number of aromatic carboxylic acids is 1. The highest BCUT2D eigenvalue weighted by Crippen LogP contribution is 2.28. The zero-order valence-corrected chi connectivity index (χ0v) is 10.5. The summed E-state index contributed by atoms with van der Waals surface area (Å²) >= 11 is 0. The largest absolute Gasteiger partial charge is 0.478 e. The van der Waals surface area contributed by atoms with E-state index in [9.17, 15) is 4.79 Å². The Hall–Kier alpha value is -2.96. The van der Waals surface area contributed by atoms with E-state index in [1.807, 2.05) is 0 Å². The molecule has 0 amide bonds. The van der Waals surface area contributed by atoms with Crippen LogP contribution in [-0.2, 0) is 7.05 Å². The van der Waals surface area contributed by atoms with E-state index >= 15 is 0 Å². The van der Waals surface area contributed by atoms with Gasteiger partial charge in [0.2, 0.25) is 5.88 Å². The van der Waals surface area contributed by atoms with Gasteiger partial charge in [-0.15, -0.1) is 0 Å². The second kappa shape index (κ2) is 4.61. The maximum atomic E-state index is 11.2. The average Bonchev–Trinajstić information content (AvgIpc) is 2.82. The Morgan fingerprint density at radius 1 is 1.30 bits per heavy atom. The first-order chi connectivity index (χ1) is 9.66. The van der Waals surface area contributed by atoms with Crippen LogP contribution in [0.5, 0.6) is 11.6 Å². The molecule has 20 heavy (non-hydrogen) atoms. The Bertz CT molecular complexity index is 797. The van der Waals surface area contributed by atoms with Gasteiger partial charge < -0.3 is 9.84 Å². The van der Waals surface area contributed by atoms with Crippen molar-refractivity contribution in [2.75, 3.05) is 0 Å². The minimum Gasteiger partial charge on any atom is -0.478 e. The topological polar surface area (TPSA) is 90.1 Å². The first kappa shape index (κ1) is 12.1. The van der Waals surface area contributed by atoms with E-state index in [0.29, 0.717) is 11.0 Å². The molecule has 2 aromatic heterocycles. The van der Waals surface area contributed by atoms with Gasteiger partial charge in [0.15, 0.2) is 5.65 Å². The maximum Gasteiger partial charge on any atom is 0.339 e. The molecule has 7 nitrogen and oxygen atoms in total. The van der Waals surface area contributed by atoms with Crippen LogP contribution in [0.15, 0.2) is 36.8 Å². The number of benzene rings is 1. The third-order valence-electron chi connectivity index (χ3n) is 2.82. The fourth-order valence-electron chi connectivity index (χ4n) is 1.86. The van der Waals surface area contributed by atoms with E-state index in [4.69, 9.17) is 9.84 Å². The van der Waals surface area contributed by atoms with Crippen molar-refractivity contribution in [1.29, 1.82) is 0 Å². The summed E-state index contributed by atoms with van der Waals surface area (Å²) in [7, 11) is 1.75. The number of carbonyl (C=O) groups is 1. The van der Waals surface area contributed by atoms with Gasteiger partial charge in [0.25, 0.3) is 0 Å². The first-order valence-corrected chi connectivity index (χ1v) is 5.79. The van der Waals surface area contributed by atoms with Crippen LogP contribution in [0.2, 0.25) is 0 Å². The van der Waals surface area contributed by atoms with Crippen molar-refractivity contribution in [1.82, 2.24) is 19.7 Å². The number of nitrogens with zero attached hydrogens (tertiary/aromatic N) is 4. The molecule has 100 valence electrons. The number of aromatic nitrogens is 4. The van der Waals surface area contributed by atoms with Crippen LogP contribution in [0, 0.1) is 0 Å². The Kier molecular flexibility index (Phi) is 2.79. The van der Waals surface area contributed by atoms with E-state index < -0.39 is 5.97 Å². The molecule has 3 aromatic rings. The number of rotatable bonds is 3. The van der Waals surface area contributed by atoms with Crippen molar-refractivity contribution in [3.05, 3.63) is 42.4 Å². The predicted octanol–water partition coefficient (Wildman–Crippen LogP) is 1.85. The van der Waals surface area contributed by atoms with Gasteiger partial charge >= 0.3 is 5.97 Å². The standard InChI is InChI=1S/C13H10N4O3/c1-17-11-9(6-16-17)12(15-7-14-11)20-10-5-3-2-4-8(10)13(18)19/h2-7H,1H3,(H,18,19). The van der Waals surface area contributed by atoms with Crippen LogP contribution in [0.1, 0.15) is 10.4 Å². The molecule has 0 aliphatic heterocycles. The molecule has 0 unspecified atom stereocenters. The van der Waals surface area contributed by atoms with Gasteiger partial charge in [0.05, 0.1) is 6.20 Å². The molecule has 0 saturated carbocycles. The third-order valence-corrected chi connectivity index (χ3v) is 2.82. The lowest BCUT2D eigenvalue weighted by atomic mass is 10.2. The lowest BCUT2D eigenvalue weighted by molar-refractivity contribution is 0.0694. The van der Waals surface area contributed by atoms with Crippen molar-refractivity contribution in [3.8, 4) is 11.6 Å². The number of para-hydroxylation sites is 1. The highest BCUT2D eigenvalue weighted by molar-refractivity contribution is 5.91. The number of hydrogen-bond donors (Lipinski definition) is 1. The molecule has 7 heteroatoms. The molecule has 0 saturated heterocycles. The molecule has 0 aliphatic carbocycles. The molecule has 0 aliphatic rings. The van der Waals surface area contributed by atoms with Crippen LogP contribution in [0.3, 0.4) is 0 Å². The number of hydrogen-bond acceptors (Lipinski definition) is 5. The number of carboxylic acids is 1. The molecule has 1 N–H and O–H groups in total. The van der Waals surface area contributed by atoms with Gasteiger partial charge in [0.1, 0.15) is 23.0 Å². The minimum absolute atomic E-state index is 0.0724. The van der Waals surface area contributed by atoms with Crippen LogP contribution in [0.25, 0.3) is 11.0 Å². The van der Waals surface area contributed by atoms with E-state index in [2.05, 4.69) is 15.1 Å². The maximum absolute atomic E-state index is 11.2. The van der Waals surface area contributed by atoms with Crippen LogP contribution < -0.4 is 4.74 Å². The Balaban J connectivity index is 2.08. The fourth-order valence-corrected chi connectivity index (χ4v) is 1.86. The van der Waals surface area contributed by atoms with E-state index in [1.165, 1.54) is 12.4 Å². The molecule has 0 atom stereocenters. The molecule has 1 aromatic carbocycles. The Labute approximate surface area is 113 Å². The van der Waals surface area contributed by atoms with Gasteiger partial charge in [0, 0.05) is 7.05 Å². The molecule has 0 fully saturated rings. The van der Waals surface area contributed by atoms with Crippen molar-refractivity contribution in [2.45, 2.75) is 0 Å². The number of ether oxygens (including phenoxy) is 1. The monoisotopic (exact) mass is 270 g/mol. The quantitative estimate of drug-likeness (QED) is 0.781. The van der Waals surface area contributed by atoms with Crippen molar-refractivity contribution < 1.29 is 14.6 Å². The first-order valence-electron chi connectivity index (χ1n) is 5.79. The van der Waals surface area contributed by atoms with Crippen molar-refractivity contribution in [3.63, 3.8) is 0 Å². The van der Waals surface area contributed by atoms with Crippen molar-refractivity contribution >= 4 is 17.0 Å². The highest BCUT2D eigenvalue weighted by Gasteiger charge is 2.14. The Morgan fingerprint density at radius 3 is 2.90 bits per heavy atom. The number of carboxylic acid groups (broad SMARTS) is 1. The van der Waals surface area contributed by atoms with E-state index in [0.717, 1.165) is 0 Å². The normalized spacial score (nSPS) is 10.7. The van der Waals surface area contributed by atoms with E-state index in [1.54, 1.807) is 36.1 Å². The second-order valence-electron chi connectivity index (χ2n) is 4.09. The molecule has 0 bridgehead atoms. The summed E-state index contributed by atoms with van der Waals surface area (Å²) in [4.78, 5) is 19.3. The molecule has 2 heterocycles. The average molecular weight is 270 g/mol. The van der Waals surface area contributed by atoms with E-state index in [-0.39, 0.29) is 17.2 Å². The molecule has 3 rings (SSSR count). The van der Waals surface area contributed by atoms with Gasteiger partial charge in [-0.25, -0.2) is 14.8 Å². The summed E-state index contributed by atoms with van der Waals surface area (Å²) in [6, 6.07) is 6.38. The van der Waals surface area contributed by atoms with Gasteiger partial charge in [-0.3, -0.25) is 4.68 Å². The molecule has 0 radical (unpaired) electrons. The van der Waals surface area contributed by atoms with Gasteiger partial charge in [-0.1, -0.05) is 12.1 Å². The SMILES string of the molecule is Cn1ncc2c(Oc3ccccc3C(=O)O)ncnc21. The summed E-state index contributed by atoms with van der Waals surface area (Å²) in [5, 5.41) is 13.8. The van der Waals surface area contributed by atoms with Crippen LogP contribution >= 0.6 is 0 Å². The zero-order valence-electron chi connectivity index (χ0n) is 10.5. The summed E-state index contributed by atoms with van der Waals surface area (Å²) < 4.78 is 7.20. The summed E-state index contributed by atoms with van der Waals surface area (Å²) in [5.41, 5.74) is 0.686. The third kappa shape index (κ3) is 1.95. The van der Waals surface area contributed by atoms with Crippen molar-refractivity contribution in [2.24, 2.45) is 7.05 Å². The molecular weight excluding hydrogens is 260 g/mol. The van der Waals surface area contributed by atoms with Gasteiger partial charge in [-0.05, 0) is 12.1 Å². The second-order valence-corrected chi connectivity index (χ2v) is 4.09. The summed E-state index contributed by atoms with van der Waals surface area (Å²) in [6.45, 7) is 0. The zero-order chi connectivity index (χ0) is 14.1. The minimum atomic E-state index is -1.06. The summed E-state index contributed by atoms with van der Waals surface area (Å²) in [6.07, 6.45) is 2.93. The Morgan fingerprint density at radius 2 is 2.10 bits per heavy atom. The van der Waals surface area contributed by atoms with Crippen LogP contribution in [-0.4, -0.2) is 30.8 Å². The smallest absolute Gasteiger partial charge is 0.339 e. The lowest BCUT2D eigenvalue weighted by Gasteiger charge is -2.07. The summed E-state index contributed by atoms with van der Waals surface area (Å²) in [5.74, 6) is -0.558.